The van der Waals surface area contributed by atoms with Crippen LogP contribution in [0, 0.1) is 0 Å². The summed E-state index contributed by atoms with van der Waals surface area (Å²) in [6.45, 7) is 3.42. The van der Waals surface area contributed by atoms with E-state index in [1.54, 1.807) is 18.0 Å². The number of amides is 1. The fraction of sp³-hybridized carbons (Fsp3) is 0.500. The zero-order valence-corrected chi connectivity index (χ0v) is 11.1. The largest absolute Gasteiger partial charge is 0.397 e. The molecule has 1 amide bonds. The lowest BCUT2D eigenvalue weighted by Crippen LogP contribution is -2.46. The molecule has 5 nitrogen and oxygen atoms in total. The summed E-state index contributed by atoms with van der Waals surface area (Å²) in [5.41, 5.74) is 6.47. The molecule has 2 heterocycles. The topological polar surface area (TPSA) is 71.2 Å². The first-order valence-corrected chi connectivity index (χ1v) is 7.08. The second-order valence-corrected chi connectivity index (χ2v) is 5.21. The number of rotatable bonds is 4. The molecule has 2 rings (SSSR count). The normalized spacial score (nSPS) is 15.7. The van der Waals surface area contributed by atoms with Gasteiger partial charge >= 0.3 is 0 Å². The van der Waals surface area contributed by atoms with E-state index in [0.29, 0.717) is 12.1 Å². The van der Waals surface area contributed by atoms with Gasteiger partial charge in [0.15, 0.2) is 0 Å². The molecule has 1 saturated heterocycles. The van der Waals surface area contributed by atoms with Crippen LogP contribution in [0.25, 0.3) is 0 Å². The molecule has 0 radical (unpaired) electrons. The Bertz CT molecular complexity index is 407. The molecule has 0 spiro atoms. The standard InChI is InChI=1S/C12H18N4OS/c13-10-2-1-4-15-12(10)18-9-3-11(17)16-7-5-14-6-8-16/h1-2,4,14H,3,5-9,13H2. The van der Waals surface area contributed by atoms with Gasteiger partial charge in [-0.15, -0.1) is 11.8 Å². The minimum atomic E-state index is 0.221. The molecule has 1 aromatic rings. The van der Waals surface area contributed by atoms with Gasteiger partial charge in [-0.25, -0.2) is 4.98 Å². The molecule has 0 unspecified atom stereocenters. The van der Waals surface area contributed by atoms with E-state index in [2.05, 4.69) is 10.3 Å². The minimum absolute atomic E-state index is 0.221. The number of nitrogens with two attached hydrogens (primary N) is 1. The highest BCUT2D eigenvalue weighted by molar-refractivity contribution is 7.99. The lowest BCUT2D eigenvalue weighted by atomic mass is 10.3. The van der Waals surface area contributed by atoms with Gasteiger partial charge in [0.2, 0.25) is 5.91 Å². The molecular formula is C12H18N4OS. The van der Waals surface area contributed by atoms with Crippen molar-refractivity contribution in [3.05, 3.63) is 18.3 Å². The number of thioether (sulfide) groups is 1. The number of hydrogen-bond donors (Lipinski definition) is 2. The van der Waals surface area contributed by atoms with Crippen molar-refractivity contribution in [3.63, 3.8) is 0 Å². The summed E-state index contributed by atoms with van der Waals surface area (Å²) in [6.07, 6.45) is 2.26. The Morgan fingerprint density at radius 1 is 1.50 bits per heavy atom. The van der Waals surface area contributed by atoms with Crippen LogP contribution in [-0.2, 0) is 4.79 Å². The summed E-state index contributed by atoms with van der Waals surface area (Å²) in [4.78, 5) is 18.0. The Kier molecular flexibility index (Phi) is 4.83. The molecule has 6 heteroatoms. The first-order chi connectivity index (χ1) is 8.77. The number of nitrogens with one attached hydrogen (secondary N) is 1. The Hall–Kier alpha value is -1.27. The Labute approximate surface area is 111 Å². The second-order valence-electron chi connectivity index (χ2n) is 4.13. The molecule has 1 aliphatic heterocycles. The van der Waals surface area contributed by atoms with Gasteiger partial charge in [0.1, 0.15) is 5.03 Å². The Morgan fingerprint density at radius 2 is 2.28 bits per heavy atom. The van der Waals surface area contributed by atoms with Crippen LogP contribution in [0.15, 0.2) is 23.4 Å². The number of nitrogen functional groups attached to an aromatic ring is 1. The van der Waals surface area contributed by atoms with E-state index in [1.165, 1.54) is 0 Å². The Balaban J connectivity index is 1.75. The third-order valence-corrected chi connectivity index (χ3v) is 3.85. The van der Waals surface area contributed by atoms with Crippen molar-refractivity contribution in [1.82, 2.24) is 15.2 Å². The van der Waals surface area contributed by atoms with Crippen molar-refractivity contribution in [3.8, 4) is 0 Å². The van der Waals surface area contributed by atoms with Crippen LogP contribution in [0.2, 0.25) is 0 Å². The number of piperazine rings is 1. The molecule has 0 aromatic carbocycles. The zero-order chi connectivity index (χ0) is 12.8. The van der Waals surface area contributed by atoms with Gasteiger partial charge in [0.05, 0.1) is 5.69 Å². The fourth-order valence-corrected chi connectivity index (χ4v) is 2.67. The lowest BCUT2D eigenvalue weighted by Gasteiger charge is -2.27. The van der Waals surface area contributed by atoms with Crippen molar-refractivity contribution < 1.29 is 4.79 Å². The highest BCUT2D eigenvalue weighted by Crippen LogP contribution is 2.22. The quantitative estimate of drug-likeness (QED) is 0.780. The van der Waals surface area contributed by atoms with Gasteiger partial charge in [0, 0.05) is 44.5 Å². The number of carbonyl (C=O) groups is 1. The van der Waals surface area contributed by atoms with Gasteiger partial charge in [-0.3, -0.25) is 4.79 Å². The van der Waals surface area contributed by atoms with E-state index < -0.39 is 0 Å². The summed E-state index contributed by atoms with van der Waals surface area (Å²) in [5.74, 6) is 0.947. The van der Waals surface area contributed by atoms with E-state index in [1.807, 2.05) is 17.0 Å². The number of aromatic nitrogens is 1. The monoisotopic (exact) mass is 266 g/mol. The summed E-state index contributed by atoms with van der Waals surface area (Å²) >= 11 is 1.54. The molecule has 18 heavy (non-hydrogen) atoms. The SMILES string of the molecule is Nc1cccnc1SCCC(=O)N1CCNCC1. The van der Waals surface area contributed by atoms with Crippen molar-refractivity contribution >= 4 is 23.4 Å². The zero-order valence-electron chi connectivity index (χ0n) is 10.3. The smallest absolute Gasteiger partial charge is 0.223 e. The van der Waals surface area contributed by atoms with Crippen molar-refractivity contribution in [2.45, 2.75) is 11.4 Å². The number of carbonyl (C=O) groups excluding carboxylic acids is 1. The van der Waals surface area contributed by atoms with Gasteiger partial charge in [-0.05, 0) is 12.1 Å². The molecular weight excluding hydrogens is 248 g/mol. The highest BCUT2D eigenvalue weighted by atomic mass is 32.2. The van der Waals surface area contributed by atoms with Crippen molar-refractivity contribution in [2.75, 3.05) is 37.7 Å². The average Bonchev–Trinajstić information content (AvgIpc) is 2.42. The first-order valence-electron chi connectivity index (χ1n) is 6.09. The first kappa shape index (κ1) is 13.2. The maximum absolute atomic E-state index is 11.9. The van der Waals surface area contributed by atoms with Crippen LogP contribution >= 0.6 is 11.8 Å². The second kappa shape index (κ2) is 6.61. The molecule has 0 saturated carbocycles. The van der Waals surface area contributed by atoms with Crippen molar-refractivity contribution in [2.24, 2.45) is 0 Å². The van der Waals surface area contributed by atoms with E-state index >= 15 is 0 Å². The molecule has 3 N–H and O–H groups in total. The van der Waals surface area contributed by atoms with Crippen LogP contribution in [0.5, 0.6) is 0 Å². The summed E-state index contributed by atoms with van der Waals surface area (Å²) in [6, 6.07) is 3.64. The predicted molar refractivity (Wildman–Crippen MR) is 73.4 cm³/mol. The van der Waals surface area contributed by atoms with E-state index in [0.717, 1.165) is 37.0 Å². The van der Waals surface area contributed by atoms with Gasteiger partial charge in [-0.2, -0.15) is 0 Å². The molecule has 98 valence electrons. The molecule has 1 aliphatic rings. The number of pyridine rings is 1. The maximum Gasteiger partial charge on any atom is 0.223 e. The molecule has 0 bridgehead atoms. The fourth-order valence-electron chi connectivity index (χ4n) is 1.83. The minimum Gasteiger partial charge on any atom is -0.397 e. The highest BCUT2D eigenvalue weighted by Gasteiger charge is 2.15. The van der Waals surface area contributed by atoms with Gasteiger partial charge < -0.3 is 16.0 Å². The van der Waals surface area contributed by atoms with E-state index in [4.69, 9.17) is 5.73 Å². The van der Waals surface area contributed by atoms with Crippen molar-refractivity contribution in [1.29, 1.82) is 0 Å². The van der Waals surface area contributed by atoms with Crippen LogP contribution in [0.1, 0.15) is 6.42 Å². The summed E-state index contributed by atoms with van der Waals surface area (Å²) < 4.78 is 0. The van der Waals surface area contributed by atoms with Gasteiger partial charge in [0.25, 0.3) is 0 Å². The summed E-state index contributed by atoms with van der Waals surface area (Å²) in [7, 11) is 0. The third kappa shape index (κ3) is 3.61. The van der Waals surface area contributed by atoms with E-state index in [9.17, 15) is 4.79 Å². The Morgan fingerprint density at radius 3 is 3.00 bits per heavy atom. The van der Waals surface area contributed by atoms with Crippen LogP contribution in [0.3, 0.4) is 0 Å². The number of anilines is 1. The molecule has 0 aliphatic carbocycles. The van der Waals surface area contributed by atoms with Gasteiger partial charge in [-0.1, -0.05) is 0 Å². The number of nitrogens with zero attached hydrogens (tertiary/aromatic N) is 2. The average molecular weight is 266 g/mol. The lowest BCUT2D eigenvalue weighted by molar-refractivity contribution is -0.131. The molecule has 1 fully saturated rings. The summed E-state index contributed by atoms with van der Waals surface area (Å²) in [5, 5.41) is 4.04. The van der Waals surface area contributed by atoms with Crippen LogP contribution in [-0.4, -0.2) is 47.7 Å². The van der Waals surface area contributed by atoms with E-state index in [-0.39, 0.29) is 5.91 Å². The van der Waals surface area contributed by atoms with Crippen LogP contribution in [0.4, 0.5) is 5.69 Å². The predicted octanol–water partition coefficient (Wildman–Crippen LogP) is 0.578. The van der Waals surface area contributed by atoms with Crippen LogP contribution < -0.4 is 11.1 Å². The molecule has 0 atom stereocenters. The number of hydrogen-bond acceptors (Lipinski definition) is 5. The maximum atomic E-state index is 11.9. The molecule has 1 aromatic heterocycles. The third-order valence-electron chi connectivity index (χ3n) is 2.82.